The summed E-state index contributed by atoms with van der Waals surface area (Å²) >= 11 is 1.68. The minimum Gasteiger partial charge on any atom is -0.325 e. The van der Waals surface area contributed by atoms with Gasteiger partial charge in [0, 0.05) is 18.5 Å². The Labute approximate surface area is 130 Å². The molecule has 21 heavy (non-hydrogen) atoms. The summed E-state index contributed by atoms with van der Waals surface area (Å²) in [6, 6.07) is 10.9. The molecule has 1 aliphatic rings. The van der Waals surface area contributed by atoms with Crippen LogP contribution in [-0.4, -0.2) is 23.0 Å². The average Bonchev–Trinajstić information content (AvgIpc) is 2.98. The van der Waals surface area contributed by atoms with Crippen molar-refractivity contribution in [1.82, 2.24) is 9.88 Å². The summed E-state index contributed by atoms with van der Waals surface area (Å²) in [5.41, 5.74) is 8.28. The van der Waals surface area contributed by atoms with Gasteiger partial charge in [0.1, 0.15) is 5.01 Å². The van der Waals surface area contributed by atoms with E-state index in [1.165, 1.54) is 43.6 Å². The molecule has 1 aliphatic heterocycles. The Morgan fingerprint density at radius 1 is 1.19 bits per heavy atom. The third-order valence-electron chi connectivity index (χ3n) is 4.23. The van der Waals surface area contributed by atoms with E-state index in [9.17, 15) is 0 Å². The van der Waals surface area contributed by atoms with E-state index in [-0.39, 0.29) is 0 Å². The third-order valence-corrected chi connectivity index (χ3v) is 5.15. The molecule has 4 heteroatoms. The summed E-state index contributed by atoms with van der Waals surface area (Å²) in [5.74, 6) is 0.832. The molecule has 112 valence electrons. The van der Waals surface area contributed by atoms with Gasteiger partial charge < -0.3 is 5.73 Å². The van der Waals surface area contributed by atoms with Crippen LogP contribution in [0.3, 0.4) is 0 Å². The second kappa shape index (κ2) is 7.16. The van der Waals surface area contributed by atoms with E-state index in [4.69, 9.17) is 5.73 Å². The number of nitrogens with zero attached hydrogens (tertiary/aromatic N) is 2. The van der Waals surface area contributed by atoms with E-state index < -0.39 is 0 Å². The fraction of sp³-hybridized carbons (Fsp3) is 0.471. The van der Waals surface area contributed by atoms with E-state index in [2.05, 4.69) is 45.6 Å². The van der Waals surface area contributed by atoms with Gasteiger partial charge in [0.15, 0.2) is 0 Å². The Hall–Kier alpha value is -1.23. The summed E-state index contributed by atoms with van der Waals surface area (Å²) in [5, 5.41) is 3.20. The number of benzene rings is 1. The molecule has 0 aliphatic carbocycles. The molecule has 0 spiro atoms. The molecule has 0 radical (unpaired) electrons. The molecule has 2 heterocycles. The maximum absolute atomic E-state index is 5.62. The van der Waals surface area contributed by atoms with Crippen LogP contribution in [0.25, 0.3) is 0 Å². The van der Waals surface area contributed by atoms with Crippen molar-refractivity contribution < 1.29 is 0 Å². The first-order valence-corrected chi connectivity index (χ1v) is 8.61. The minimum absolute atomic E-state index is 0.559. The predicted molar refractivity (Wildman–Crippen MR) is 88.2 cm³/mol. The van der Waals surface area contributed by atoms with Gasteiger partial charge in [-0.2, -0.15) is 0 Å². The Kier molecular flexibility index (Phi) is 5.01. The van der Waals surface area contributed by atoms with Crippen molar-refractivity contribution in [3.63, 3.8) is 0 Å². The third kappa shape index (κ3) is 4.13. The minimum atomic E-state index is 0.559. The molecule has 1 saturated heterocycles. The standard InChI is InChI=1S/C17H23N3S/c18-11-17-19-16(13-21-17)12-20-8-6-15(7-9-20)10-14-4-2-1-3-5-14/h1-5,13,15H,6-12,18H2. The first-order valence-electron chi connectivity index (χ1n) is 7.73. The maximum atomic E-state index is 5.62. The van der Waals surface area contributed by atoms with Gasteiger partial charge in [0.05, 0.1) is 5.69 Å². The second-order valence-corrected chi connectivity index (χ2v) is 6.79. The molecular formula is C17H23N3S. The Morgan fingerprint density at radius 3 is 2.62 bits per heavy atom. The van der Waals surface area contributed by atoms with Crippen LogP contribution in [0.2, 0.25) is 0 Å². The average molecular weight is 301 g/mol. The molecule has 0 bridgehead atoms. The van der Waals surface area contributed by atoms with Crippen LogP contribution in [0, 0.1) is 5.92 Å². The first kappa shape index (κ1) is 14.7. The van der Waals surface area contributed by atoms with Gasteiger partial charge in [-0.3, -0.25) is 4.90 Å². The fourth-order valence-electron chi connectivity index (χ4n) is 3.04. The van der Waals surface area contributed by atoms with Crippen LogP contribution < -0.4 is 5.73 Å². The molecule has 3 rings (SSSR count). The van der Waals surface area contributed by atoms with Crippen molar-refractivity contribution in [2.45, 2.75) is 32.4 Å². The van der Waals surface area contributed by atoms with E-state index in [0.29, 0.717) is 6.54 Å². The predicted octanol–water partition coefficient (Wildman–Crippen LogP) is 3.06. The van der Waals surface area contributed by atoms with Gasteiger partial charge in [0.25, 0.3) is 0 Å². The van der Waals surface area contributed by atoms with E-state index >= 15 is 0 Å². The van der Waals surface area contributed by atoms with Gasteiger partial charge in [-0.25, -0.2) is 4.98 Å². The molecule has 3 nitrogen and oxygen atoms in total. The van der Waals surface area contributed by atoms with Crippen LogP contribution >= 0.6 is 11.3 Å². The highest BCUT2D eigenvalue weighted by atomic mass is 32.1. The molecular weight excluding hydrogens is 278 g/mol. The number of thiazole rings is 1. The summed E-state index contributed by atoms with van der Waals surface area (Å²) < 4.78 is 0. The number of hydrogen-bond acceptors (Lipinski definition) is 4. The van der Waals surface area contributed by atoms with Crippen LogP contribution in [-0.2, 0) is 19.5 Å². The zero-order valence-corrected chi connectivity index (χ0v) is 13.2. The van der Waals surface area contributed by atoms with Gasteiger partial charge in [-0.1, -0.05) is 30.3 Å². The lowest BCUT2D eigenvalue weighted by molar-refractivity contribution is 0.175. The zero-order chi connectivity index (χ0) is 14.5. The largest absolute Gasteiger partial charge is 0.325 e. The summed E-state index contributed by atoms with van der Waals surface area (Å²) in [6.07, 6.45) is 3.81. The SMILES string of the molecule is NCc1nc(CN2CCC(Cc3ccccc3)CC2)cs1. The maximum Gasteiger partial charge on any atom is 0.106 e. The normalized spacial score (nSPS) is 17.2. The number of aromatic nitrogens is 1. The second-order valence-electron chi connectivity index (χ2n) is 5.85. The van der Waals surface area contributed by atoms with Crippen LogP contribution in [0.5, 0.6) is 0 Å². The van der Waals surface area contributed by atoms with Crippen molar-refractivity contribution >= 4 is 11.3 Å². The number of nitrogens with two attached hydrogens (primary N) is 1. The molecule has 1 aromatic carbocycles. The molecule has 2 aromatic rings. The number of hydrogen-bond donors (Lipinski definition) is 1. The topological polar surface area (TPSA) is 42.1 Å². The Morgan fingerprint density at radius 2 is 1.95 bits per heavy atom. The quantitative estimate of drug-likeness (QED) is 0.923. The van der Waals surface area contributed by atoms with Gasteiger partial charge >= 0.3 is 0 Å². The van der Waals surface area contributed by atoms with E-state index in [1.54, 1.807) is 11.3 Å². The molecule has 0 atom stereocenters. The smallest absolute Gasteiger partial charge is 0.106 e. The molecule has 2 N–H and O–H groups in total. The van der Waals surface area contributed by atoms with Crippen LogP contribution in [0.1, 0.15) is 29.1 Å². The van der Waals surface area contributed by atoms with Crippen molar-refractivity contribution in [2.24, 2.45) is 11.7 Å². The fourth-order valence-corrected chi connectivity index (χ4v) is 3.71. The summed E-state index contributed by atoms with van der Waals surface area (Å²) in [4.78, 5) is 7.09. The van der Waals surface area contributed by atoms with Crippen LogP contribution in [0.15, 0.2) is 35.7 Å². The molecule has 1 fully saturated rings. The van der Waals surface area contributed by atoms with Crippen molar-refractivity contribution in [3.05, 3.63) is 52.0 Å². The van der Waals surface area contributed by atoms with Crippen molar-refractivity contribution in [1.29, 1.82) is 0 Å². The highest BCUT2D eigenvalue weighted by molar-refractivity contribution is 7.09. The van der Waals surface area contributed by atoms with E-state index in [0.717, 1.165) is 17.5 Å². The number of likely N-dealkylation sites (tertiary alicyclic amines) is 1. The molecule has 1 aromatic heterocycles. The molecule has 0 unspecified atom stereocenters. The van der Waals surface area contributed by atoms with E-state index in [1.807, 2.05) is 0 Å². The zero-order valence-electron chi connectivity index (χ0n) is 12.4. The lowest BCUT2D eigenvalue weighted by Crippen LogP contribution is -2.34. The Balaban J connectivity index is 1.46. The summed E-state index contributed by atoms with van der Waals surface area (Å²) in [6.45, 7) is 3.92. The monoisotopic (exact) mass is 301 g/mol. The lowest BCUT2D eigenvalue weighted by atomic mass is 9.90. The molecule has 0 amide bonds. The first-order chi connectivity index (χ1) is 10.3. The van der Waals surface area contributed by atoms with Gasteiger partial charge in [0.2, 0.25) is 0 Å². The molecule has 0 saturated carbocycles. The lowest BCUT2D eigenvalue weighted by Gasteiger charge is -2.31. The summed E-state index contributed by atoms with van der Waals surface area (Å²) in [7, 11) is 0. The number of rotatable bonds is 5. The highest BCUT2D eigenvalue weighted by Gasteiger charge is 2.20. The van der Waals surface area contributed by atoms with Gasteiger partial charge in [-0.05, 0) is 43.8 Å². The van der Waals surface area contributed by atoms with Crippen LogP contribution in [0.4, 0.5) is 0 Å². The Bertz CT molecular complexity index is 544. The highest BCUT2D eigenvalue weighted by Crippen LogP contribution is 2.23. The van der Waals surface area contributed by atoms with Gasteiger partial charge in [-0.15, -0.1) is 11.3 Å². The van der Waals surface area contributed by atoms with Crippen molar-refractivity contribution in [3.8, 4) is 0 Å². The number of piperidine rings is 1. The van der Waals surface area contributed by atoms with Crippen molar-refractivity contribution in [2.75, 3.05) is 13.1 Å².